The normalized spacial score (nSPS) is 19.9. The maximum atomic E-state index is 13.0. The first-order valence-corrected chi connectivity index (χ1v) is 10.6. The van der Waals surface area contributed by atoms with Gasteiger partial charge < -0.3 is 29.0 Å². The number of halogens is 1. The number of carbonyl (C=O) groups excluding carboxylic acids is 1. The Balaban J connectivity index is 1.50. The molecule has 1 saturated heterocycles. The van der Waals surface area contributed by atoms with Gasteiger partial charge in [-0.1, -0.05) is 27.7 Å². The van der Waals surface area contributed by atoms with Crippen LogP contribution in [0.5, 0.6) is 17.2 Å². The molecule has 0 bridgehead atoms. The highest BCUT2D eigenvalue weighted by Gasteiger charge is 2.32. The van der Waals surface area contributed by atoms with Gasteiger partial charge in [-0.3, -0.25) is 4.79 Å². The number of hydrogen-bond acceptors (Lipinski definition) is 6. The summed E-state index contributed by atoms with van der Waals surface area (Å²) in [5, 5.41) is 12.6. The molecule has 0 unspecified atom stereocenters. The van der Waals surface area contributed by atoms with Crippen molar-refractivity contribution >= 4 is 27.8 Å². The van der Waals surface area contributed by atoms with Gasteiger partial charge >= 0.3 is 0 Å². The lowest BCUT2D eigenvalue weighted by Crippen LogP contribution is -3.12. The van der Waals surface area contributed by atoms with Gasteiger partial charge in [-0.15, -0.1) is 0 Å². The van der Waals surface area contributed by atoms with Gasteiger partial charge in [-0.05, 0) is 24.3 Å². The molecule has 1 N–H and O–H groups in total. The number of nitrogens with one attached hydrogen (secondary N) is 1. The summed E-state index contributed by atoms with van der Waals surface area (Å²) in [6.07, 6.45) is 1.67. The van der Waals surface area contributed by atoms with E-state index < -0.39 is 0 Å². The number of Topliss-reactive ketones (excluding diaryl/α,β-unsaturated/α-hetero) is 1. The first-order chi connectivity index (χ1) is 14.6. The fourth-order valence-electron chi connectivity index (χ4n) is 4.00. The van der Waals surface area contributed by atoms with Crippen molar-refractivity contribution in [1.29, 1.82) is 0 Å². The fourth-order valence-corrected chi connectivity index (χ4v) is 4.52. The zero-order valence-electron chi connectivity index (χ0n) is 16.2. The Morgan fingerprint density at radius 2 is 1.97 bits per heavy atom. The summed E-state index contributed by atoms with van der Waals surface area (Å²) in [5.74, 6) is 0.896. The van der Waals surface area contributed by atoms with E-state index in [1.807, 2.05) is 12.1 Å². The van der Waals surface area contributed by atoms with E-state index in [1.165, 1.54) is 11.0 Å². The molecule has 3 aliphatic heterocycles. The zero-order valence-corrected chi connectivity index (χ0v) is 17.7. The standard InChI is InChI=1S/C22H20BrNO6/c23-15-7-13(21-14(8-15)11-28-12-29-21)9-19-20(26)16-1-2-18(25)17(22(16)30-19)10-24-3-5-27-6-4-24/h1-2,7-9,25H,3-6,10-12H2. The summed E-state index contributed by atoms with van der Waals surface area (Å²) in [7, 11) is 0. The van der Waals surface area contributed by atoms with Gasteiger partial charge in [-0.2, -0.15) is 0 Å². The predicted octanol–water partition coefficient (Wildman–Crippen LogP) is 1.42. The van der Waals surface area contributed by atoms with Crippen LogP contribution in [0.15, 0.2) is 34.5 Å². The number of ketones is 1. The molecular weight excluding hydrogens is 454 g/mol. The van der Waals surface area contributed by atoms with Gasteiger partial charge in [0.15, 0.2) is 12.6 Å². The largest absolute Gasteiger partial charge is 0.872 e. The van der Waals surface area contributed by atoms with E-state index in [0.29, 0.717) is 49.0 Å². The fraction of sp³-hybridized carbons (Fsp3) is 0.318. The first kappa shape index (κ1) is 19.6. The second-order valence-corrected chi connectivity index (χ2v) is 8.41. The minimum Gasteiger partial charge on any atom is -0.872 e. The van der Waals surface area contributed by atoms with E-state index in [9.17, 15) is 9.90 Å². The molecule has 156 valence electrons. The molecule has 1 fully saturated rings. The van der Waals surface area contributed by atoms with Crippen LogP contribution in [0.4, 0.5) is 0 Å². The van der Waals surface area contributed by atoms with Crippen molar-refractivity contribution in [3.05, 3.63) is 56.8 Å². The number of quaternary nitrogens is 1. The van der Waals surface area contributed by atoms with E-state index in [-0.39, 0.29) is 24.1 Å². The summed E-state index contributed by atoms with van der Waals surface area (Å²) in [4.78, 5) is 14.3. The molecule has 8 heteroatoms. The van der Waals surface area contributed by atoms with Crippen molar-refractivity contribution in [3.63, 3.8) is 0 Å². The third-order valence-electron chi connectivity index (χ3n) is 5.51. The van der Waals surface area contributed by atoms with Gasteiger partial charge in [0.1, 0.15) is 31.1 Å². The Labute approximate surface area is 181 Å². The highest BCUT2D eigenvalue weighted by atomic mass is 79.9. The van der Waals surface area contributed by atoms with Crippen molar-refractivity contribution < 1.29 is 33.7 Å². The topological polar surface area (TPSA) is 81.5 Å². The SMILES string of the molecule is O=C1C(=Cc2cc(Br)cc3c2OCOC3)Oc2c1ccc([O-])c2C[NH+]1CCOCC1. The van der Waals surface area contributed by atoms with Crippen LogP contribution in [-0.2, 0) is 22.6 Å². The average molecular weight is 474 g/mol. The van der Waals surface area contributed by atoms with Crippen LogP contribution in [0.3, 0.4) is 0 Å². The quantitative estimate of drug-likeness (QED) is 0.679. The molecule has 2 aromatic rings. The van der Waals surface area contributed by atoms with Gasteiger partial charge in [0.2, 0.25) is 5.78 Å². The van der Waals surface area contributed by atoms with Crippen molar-refractivity contribution in [3.8, 4) is 17.2 Å². The van der Waals surface area contributed by atoms with Crippen LogP contribution in [0.25, 0.3) is 6.08 Å². The number of morpholine rings is 1. The second-order valence-electron chi connectivity index (χ2n) is 7.49. The van der Waals surface area contributed by atoms with Gasteiger partial charge in [0.25, 0.3) is 0 Å². The maximum absolute atomic E-state index is 13.0. The monoisotopic (exact) mass is 473 g/mol. The average Bonchev–Trinajstić information content (AvgIpc) is 3.06. The Morgan fingerprint density at radius 3 is 2.80 bits per heavy atom. The number of carbonyl (C=O) groups is 1. The van der Waals surface area contributed by atoms with Gasteiger partial charge in [0, 0.05) is 21.2 Å². The van der Waals surface area contributed by atoms with Crippen LogP contribution in [0.2, 0.25) is 0 Å². The molecule has 0 atom stereocenters. The van der Waals surface area contributed by atoms with Crippen LogP contribution in [-0.4, -0.2) is 38.9 Å². The lowest BCUT2D eigenvalue weighted by molar-refractivity contribution is -0.921. The molecule has 3 aliphatic rings. The summed E-state index contributed by atoms with van der Waals surface area (Å²) < 4.78 is 23.2. The third-order valence-corrected chi connectivity index (χ3v) is 5.97. The molecule has 0 aliphatic carbocycles. The van der Waals surface area contributed by atoms with E-state index in [1.54, 1.807) is 12.1 Å². The molecule has 0 radical (unpaired) electrons. The minimum absolute atomic E-state index is 0.109. The molecule has 30 heavy (non-hydrogen) atoms. The summed E-state index contributed by atoms with van der Waals surface area (Å²) in [6, 6.07) is 6.81. The molecule has 3 heterocycles. The lowest BCUT2D eigenvalue weighted by atomic mass is 10.0. The van der Waals surface area contributed by atoms with E-state index in [4.69, 9.17) is 18.9 Å². The molecule has 0 aromatic heterocycles. The van der Waals surface area contributed by atoms with Crippen molar-refractivity contribution in [2.45, 2.75) is 13.2 Å². The Kier molecular flexibility index (Phi) is 5.24. The summed E-state index contributed by atoms with van der Waals surface area (Å²) >= 11 is 3.49. The van der Waals surface area contributed by atoms with Crippen molar-refractivity contribution in [2.75, 3.05) is 33.1 Å². The van der Waals surface area contributed by atoms with Crippen LogP contribution in [0.1, 0.15) is 27.0 Å². The summed E-state index contributed by atoms with van der Waals surface area (Å²) in [5.41, 5.74) is 2.59. The maximum Gasteiger partial charge on any atom is 0.231 e. The third kappa shape index (κ3) is 3.60. The van der Waals surface area contributed by atoms with Crippen LogP contribution in [0, 0.1) is 0 Å². The van der Waals surface area contributed by atoms with Crippen LogP contribution >= 0.6 is 15.9 Å². The highest BCUT2D eigenvalue weighted by Crippen LogP contribution is 2.40. The summed E-state index contributed by atoms with van der Waals surface area (Å²) in [6.45, 7) is 4.09. The molecule has 0 spiro atoms. The lowest BCUT2D eigenvalue weighted by Gasteiger charge is -2.26. The molecular formula is C22H20BrNO6. The van der Waals surface area contributed by atoms with Crippen molar-refractivity contribution in [2.24, 2.45) is 0 Å². The first-order valence-electron chi connectivity index (χ1n) is 9.81. The van der Waals surface area contributed by atoms with E-state index in [0.717, 1.165) is 28.7 Å². The predicted molar refractivity (Wildman–Crippen MR) is 108 cm³/mol. The van der Waals surface area contributed by atoms with Gasteiger partial charge in [-0.25, -0.2) is 0 Å². The van der Waals surface area contributed by atoms with E-state index >= 15 is 0 Å². The van der Waals surface area contributed by atoms with Gasteiger partial charge in [0.05, 0.1) is 25.4 Å². The highest BCUT2D eigenvalue weighted by molar-refractivity contribution is 9.10. The smallest absolute Gasteiger partial charge is 0.231 e. The molecule has 7 nitrogen and oxygen atoms in total. The molecule has 0 amide bonds. The Bertz CT molecular complexity index is 1040. The molecule has 5 rings (SSSR count). The number of hydrogen-bond donors (Lipinski definition) is 1. The van der Waals surface area contributed by atoms with Crippen molar-refractivity contribution in [1.82, 2.24) is 0 Å². The van der Waals surface area contributed by atoms with E-state index in [2.05, 4.69) is 15.9 Å². The van der Waals surface area contributed by atoms with Crippen LogP contribution < -0.4 is 19.5 Å². The Hall–Kier alpha value is -2.39. The molecule has 2 aromatic carbocycles. The number of allylic oxidation sites excluding steroid dienone is 1. The number of benzene rings is 2. The minimum atomic E-state index is -0.232. The second kappa shape index (κ2) is 8.03. The Morgan fingerprint density at radius 1 is 1.13 bits per heavy atom. The number of rotatable bonds is 3. The number of ether oxygens (including phenoxy) is 4. The zero-order chi connectivity index (χ0) is 20.7. The number of fused-ring (bicyclic) bond motifs is 2. The molecule has 0 saturated carbocycles.